The van der Waals surface area contributed by atoms with Gasteiger partial charge in [-0.15, -0.1) is 0 Å². The molecule has 0 aliphatic carbocycles. The minimum atomic E-state index is 0.0237. The molecule has 0 spiro atoms. The average molecular weight is 390 g/mol. The Labute approximate surface area is 170 Å². The van der Waals surface area contributed by atoms with Gasteiger partial charge in [-0.2, -0.15) is 0 Å². The number of benzene rings is 1. The van der Waals surface area contributed by atoms with Crippen LogP contribution in [0.4, 0.5) is 5.95 Å². The van der Waals surface area contributed by atoms with Gasteiger partial charge in [-0.1, -0.05) is 19.1 Å². The monoisotopic (exact) mass is 389 g/mol. The molecule has 6 heteroatoms. The molecule has 1 N–H and O–H groups in total. The Morgan fingerprint density at radius 3 is 3.07 bits per heavy atom. The number of nitrogens with one attached hydrogen (secondary N) is 1. The Morgan fingerprint density at radius 2 is 2.17 bits per heavy atom. The Balaban J connectivity index is 1.34. The third-order valence-corrected chi connectivity index (χ3v) is 6.17. The van der Waals surface area contributed by atoms with Crippen molar-refractivity contribution in [2.45, 2.75) is 39.3 Å². The van der Waals surface area contributed by atoms with Gasteiger partial charge < -0.3 is 4.90 Å². The van der Waals surface area contributed by atoms with E-state index >= 15 is 0 Å². The summed E-state index contributed by atoms with van der Waals surface area (Å²) in [6.07, 6.45) is 5.06. The first-order chi connectivity index (χ1) is 14.2. The van der Waals surface area contributed by atoms with Gasteiger partial charge >= 0.3 is 0 Å². The molecule has 2 aromatic heterocycles. The topological polar surface area (TPSA) is 65.1 Å². The van der Waals surface area contributed by atoms with Crippen molar-refractivity contribution < 1.29 is 0 Å². The molecule has 2 aliphatic heterocycles. The van der Waals surface area contributed by atoms with Crippen LogP contribution in [0, 0.1) is 5.92 Å². The van der Waals surface area contributed by atoms with Gasteiger partial charge in [0.2, 0.25) is 5.95 Å². The van der Waals surface area contributed by atoms with Gasteiger partial charge in [0, 0.05) is 50.7 Å². The van der Waals surface area contributed by atoms with Gasteiger partial charge in [0.15, 0.2) is 0 Å². The predicted octanol–water partition coefficient (Wildman–Crippen LogP) is 3.11. The summed E-state index contributed by atoms with van der Waals surface area (Å²) >= 11 is 0. The van der Waals surface area contributed by atoms with Gasteiger partial charge in [0.1, 0.15) is 0 Å². The van der Waals surface area contributed by atoms with Crippen LogP contribution in [0.1, 0.15) is 36.6 Å². The Kier molecular flexibility index (Phi) is 4.79. The third kappa shape index (κ3) is 3.77. The molecule has 1 atom stereocenters. The van der Waals surface area contributed by atoms with E-state index in [0.717, 1.165) is 67.1 Å². The highest BCUT2D eigenvalue weighted by atomic mass is 16.1. The smallest absolute Gasteiger partial charge is 0.257 e. The van der Waals surface area contributed by atoms with Crippen LogP contribution in [0.25, 0.3) is 10.9 Å². The number of pyridine rings is 1. The average Bonchev–Trinajstić information content (AvgIpc) is 2.74. The maximum Gasteiger partial charge on any atom is 0.257 e. The second kappa shape index (κ2) is 7.59. The van der Waals surface area contributed by atoms with Crippen molar-refractivity contribution in [1.82, 2.24) is 19.9 Å². The first kappa shape index (κ1) is 18.3. The van der Waals surface area contributed by atoms with Gasteiger partial charge in [-0.05, 0) is 42.5 Å². The molecule has 4 heterocycles. The van der Waals surface area contributed by atoms with Crippen LogP contribution < -0.4 is 10.5 Å². The van der Waals surface area contributed by atoms with Crippen LogP contribution >= 0.6 is 0 Å². The summed E-state index contributed by atoms with van der Waals surface area (Å²) < 4.78 is 0. The summed E-state index contributed by atoms with van der Waals surface area (Å²) in [6.45, 7) is 6.63. The number of nitrogens with zero attached hydrogens (tertiary/aromatic N) is 4. The number of fused-ring (bicyclic) bond motifs is 2. The summed E-state index contributed by atoms with van der Waals surface area (Å²) in [4.78, 5) is 29.7. The normalized spacial score (nSPS) is 20.0. The first-order valence-electron chi connectivity index (χ1n) is 10.6. The second-order valence-electron chi connectivity index (χ2n) is 8.50. The number of H-pyrrole nitrogens is 1. The van der Waals surface area contributed by atoms with Crippen molar-refractivity contribution in [2.75, 3.05) is 24.5 Å². The van der Waals surface area contributed by atoms with Crippen molar-refractivity contribution in [3.05, 3.63) is 63.7 Å². The summed E-state index contributed by atoms with van der Waals surface area (Å²) in [5, 5.41) is 1.15. The number of anilines is 1. The van der Waals surface area contributed by atoms with Crippen LogP contribution in [0.2, 0.25) is 0 Å². The molecule has 0 radical (unpaired) electrons. The fourth-order valence-electron chi connectivity index (χ4n) is 4.62. The lowest BCUT2D eigenvalue weighted by Crippen LogP contribution is -2.39. The fraction of sp³-hybridized carbons (Fsp3) is 0.435. The Hall–Kier alpha value is -2.73. The lowest BCUT2D eigenvalue weighted by molar-refractivity contribution is 0.242. The maximum atomic E-state index is 12.8. The molecule has 1 aromatic carbocycles. The van der Waals surface area contributed by atoms with Gasteiger partial charge in [0.25, 0.3) is 5.56 Å². The van der Waals surface area contributed by atoms with E-state index in [4.69, 9.17) is 4.98 Å². The highest BCUT2D eigenvalue weighted by Gasteiger charge is 2.24. The standard InChI is InChI=1S/C23H27N5O/c1-16-4-3-10-28(13-16)23-25-21-8-11-27(15-19(21)22(29)26-23)14-17-6-7-20-18(12-17)5-2-9-24-20/h2,5-7,9,12,16H,3-4,8,10-11,13-15H2,1H3,(H,25,26,29). The molecule has 3 aromatic rings. The number of hydrogen-bond acceptors (Lipinski definition) is 5. The molecule has 0 bridgehead atoms. The minimum absolute atomic E-state index is 0.0237. The summed E-state index contributed by atoms with van der Waals surface area (Å²) in [7, 11) is 0. The largest absolute Gasteiger partial charge is 0.342 e. The molecule has 0 amide bonds. The third-order valence-electron chi connectivity index (χ3n) is 6.17. The van der Waals surface area contributed by atoms with E-state index in [1.54, 1.807) is 0 Å². The van der Waals surface area contributed by atoms with Crippen molar-refractivity contribution in [1.29, 1.82) is 0 Å². The van der Waals surface area contributed by atoms with Gasteiger partial charge in [-0.25, -0.2) is 4.98 Å². The number of hydrogen-bond donors (Lipinski definition) is 1. The summed E-state index contributed by atoms with van der Waals surface area (Å²) in [5.41, 5.74) is 4.08. The zero-order valence-corrected chi connectivity index (χ0v) is 16.9. The fourth-order valence-corrected chi connectivity index (χ4v) is 4.62. The van der Waals surface area contributed by atoms with E-state index < -0.39 is 0 Å². The van der Waals surface area contributed by atoms with Gasteiger partial charge in [-0.3, -0.25) is 19.7 Å². The van der Waals surface area contributed by atoms with Gasteiger partial charge in [0.05, 0.1) is 16.8 Å². The number of rotatable bonds is 3. The molecule has 0 saturated carbocycles. The minimum Gasteiger partial charge on any atom is -0.342 e. The molecule has 2 aliphatic rings. The van der Waals surface area contributed by atoms with E-state index in [0.29, 0.717) is 12.5 Å². The molecule has 29 heavy (non-hydrogen) atoms. The Morgan fingerprint density at radius 1 is 1.24 bits per heavy atom. The van der Waals surface area contributed by atoms with Crippen molar-refractivity contribution >= 4 is 16.9 Å². The number of aromatic amines is 1. The molecular weight excluding hydrogens is 362 g/mol. The van der Waals surface area contributed by atoms with Crippen LogP contribution in [-0.4, -0.2) is 39.5 Å². The zero-order valence-electron chi connectivity index (χ0n) is 16.9. The highest BCUT2D eigenvalue weighted by molar-refractivity contribution is 5.78. The van der Waals surface area contributed by atoms with Crippen LogP contribution in [0.15, 0.2) is 41.3 Å². The highest BCUT2D eigenvalue weighted by Crippen LogP contribution is 2.23. The molecule has 150 valence electrons. The number of aromatic nitrogens is 3. The van der Waals surface area contributed by atoms with E-state index in [-0.39, 0.29) is 5.56 Å². The second-order valence-corrected chi connectivity index (χ2v) is 8.50. The molecule has 5 rings (SSSR count). The van der Waals surface area contributed by atoms with Crippen LogP contribution in [-0.2, 0) is 19.5 Å². The molecular formula is C23H27N5O. The quantitative estimate of drug-likeness (QED) is 0.746. The lowest BCUT2D eigenvalue weighted by Gasteiger charge is -2.33. The van der Waals surface area contributed by atoms with E-state index in [1.165, 1.54) is 12.0 Å². The van der Waals surface area contributed by atoms with Crippen molar-refractivity contribution in [2.24, 2.45) is 5.92 Å². The molecule has 1 fully saturated rings. The van der Waals surface area contributed by atoms with E-state index in [9.17, 15) is 4.79 Å². The van der Waals surface area contributed by atoms with Crippen LogP contribution in [0.5, 0.6) is 0 Å². The zero-order chi connectivity index (χ0) is 19.8. The van der Waals surface area contributed by atoms with E-state index in [2.05, 4.69) is 51.0 Å². The summed E-state index contributed by atoms with van der Waals surface area (Å²) in [5.74, 6) is 1.41. The predicted molar refractivity (Wildman–Crippen MR) is 115 cm³/mol. The lowest BCUT2D eigenvalue weighted by atomic mass is 10.0. The molecule has 1 saturated heterocycles. The van der Waals surface area contributed by atoms with Crippen molar-refractivity contribution in [3.63, 3.8) is 0 Å². The van der Waals surface area contributed by atoms with Crippen LogP contribution in [0.3, 0.4) is 0 Å². The number of piperidine rings is 1. The van der Waals surface area contributed by atoms with Crippen molar-refractivity contribution in [3.8, 4) is 0 Å². The maximum absolute atomic E-state index is 12.8. The molecule has 1 unspecified atom stereocenters. The van der Waals surface area contributed by atoms with E-state index in [1.807, 2.05) is 12.3 Å². The molecule has 6 nitrogen and oxygen atoms in total. The SMILES string of the molecule is CC1CCCN(c2nc3c(c(=O)[nH]2)CN(Cc2ccc4ncccc4c2)CC3)C1. The Bertz CT molecular complexity index is 1090. The summed E-state index contributed by atoms with van der Waals surface area (Å²) in [6, 6.07) is 10.5. The first-order valence-corrected chi connectivity index (χ1v) is 10.6.